The van der Waals surface area contributed by atoms with Gasteiger partial charge >= 0.3 is 6.09 Å². The van der Waals surface area contributed by atoms with Crippen LogP contribution in [0.25, 0.3) is 11.0 Å². The number of hydrogen-bond acceptors (Lipinski definition) is 4. The Morgan fingerprint density at radius 3 is 2.50 bits per heavy atom. The summed E-state index contributed by atoms with van der Waals surface area (Å²) in [6.45, 7) is 1.53. The summed E-state index contributed by atoms with van der Waals surface area (Å²) in [4.78, 5) is 30.0. The fourth-order valence-corrected chi connectivity index (χ4v) is 3.56. The van der Waals surface area contributed by atoms with Crippen LogP contribution in [-0.4, -0.2) is 57.7 Å². The Labute approximate surface area is 149 Å². The molecule has 3 N–H and O–H groups in total. The van der Waals surface area contributed by atoms with Crippen molar-refractivity contribution in [3.8, 4) is 0 Å². The predicted molar refractivity (Wildman–Crippen MR) is 92.7 cm³/mol. The molecule has 1 aliphatic heterocycles. The van der Waals surface area contributed by atoms with Gasteiger partial charge in [0, 0.05) is 38.3 Å². The third kappa shape index (κ3) is 2.93. The van der Waals surface area contributed by atoms with Gasteiger partial charge in [0.1, 0.15) is 11.6 Å². The smallest absolute Gasteiger partial charge is 0.407 e. The van der Waals surface area contributed by atoms with Crippen LogP contribution in [0.3, 0.4) is 0 Å². The number of amides is 2. The van der Waals surface area contributed by atoms with Crippen LogP contribution in [0, 0.1) is 5.82 Å². The van der Waals surface area contributed by atoms with E-state index in [0.717, 1.165) is 18.4 Å². The second-order valence-electron chi connectivity index (χ2n) is 6.82. The number of carbonyl (C=O) groups excluding carboxylic acids is 1. The van der Waals surface area contributed by atoms with Gasteiger partial charge in [0.15, 0.2) is 0 Å². The molecule has 0 unspecified atom stereocenters. The summed E-state index contributed by atoms with van der Waals surface area (Å²) >= 11 is 0. The highest BCUT2D eigenvalue weighted by atomic mass is 19.1. The van der Waals surface area contributed by atoms with Crippen molar-refractivity contribution in [3.05, 3.63) is 23.8 Å². The first-order valence-electron chi connectivity index (χ1n) is 8.65. The standard InChI is InChI=1S/C17H20FN5O3/c18-11-7-12-14(23(10-1-2-10)16(20-12)9-15(19)24)8-13(11)21-3-5-22(6-4-21)17(25)26/h7-8,10H,1-6,9H2,(H2,19,24)(H,25,26). The summed E-state index contributed by atoms with van der Waals surface area (Å²) in [5.74, 6) is -0.290. The first-order chi connectivity index (χ1) is 12.4. The maximum atomic E-state index is 14.7. The summed E-state index contributed by atoms with van der Waals surface area (Å²) in [6.07, 6.45) is 1.07. The number of nitrogens with two attached hydrogens (primary N) is 1. The zero-order chi connectivity index (χ0) is 18.4. The van der Waals surface area contributed by atoms with Crippen molar-refractivity contribution in [2.75, 3.05) is 31.1 Å². The highest BCUT2D eigenvalue weighted by Gasteiger charge is 2.30. The molecule has 2 fully saturated rings. The summed E-state index contributed by atoms with van der Waals surface area (Å²) in [7, 11) is 0. The van der Waals surface area contributed by atoms with E-state index in [4.69, 9.17) is 10.8 Å². The van der Waals surface area contributed by atoms with Crippen LogP contribution >= 0.6 is 0 Å². The molecule has 2 aliphatic rings. The molecule has 138 valence electrons. The van der Waals surface area contributed by atoms with Crippen molar-refractivity contribution in [3.63, 3.8) is 0 Å². The number of carbonyl (C=O) groups is 2. The lowest BCUT2D eigenvalue weighted by Crippen LogP contribution is -2.48. The Morgan fingerprint density at radius 2 is 1.92 bits per heavy atom. The van der Waals surface area contributed by atoms with E-state index in [1.54, 1.807) is 6.07 Å². The molecule has 1 saturated carbocycles. The minimum Gasteiger partial charge on any atom is -0.465 e. The molecule has 4 rings (SSSR count). The molecule has 8 nitrogen and oxygen atoms in total. The zero-order valence-electron chi connectivity index (χ0n) is 14.2. The van der Waals surface area contributed by atoms with E-state index in [1.807, 2.05) is 9.47 Å². The van der Waals surface area contributed by atoms with Crippen LogP contribution in [0.2, 0.25) is 0 Å². The van der Waals surface area contributed by atoms with Gasteiger partial charge in [-0.15, -0.1) is 0 Å². The van der Waals surface area contributed by atoms with E-state index >= 15 is 0 Å². The molecule has 0 bridgehead atoms. The summed E-state index contributed by atoms with van der Waals surface area (Å²) in [6, 6.07) is 3.42. The minimum absolute atomic E-state index is 0.0272. The van der Waals surface area contributed by atoms with Gasteiger partial charge in [-0.2, -0.15) is 0 Å². The van der Waals surface area contributed by atoms with Crippen molar-refractivity contribution >= 4 is 28.7 Å². The average Bonchev–Trinajstić information content (AvgIpc) is 3.36. The summed E-state index contributed by atoms with van der Waals surface area (Å²) < 4.78 is 16.7. The molecule has 0 spiro atoms. The normalized spacial score (nSPS) is 17.7. The second-order valence-corrected chi connectivity index (χ2v) is 6.82. The third-order valence-corrected chi connectivity index (χ3v) is 4.97. The van der Waals surface area contributed by atoms with E-state index in [9.17, 15) is 14.0 Å². The van der Waals surface area contributed by atoms with E-state index in [1.165, 1.54) is 11.0 Å². The van der Waals surface area contributed by atoms with Crippen molar-refractivity contribution < 1.29 is 19.1 Å². The molecule has 9 heteroatoms. The molecule has 2 aromatic rings. The van der Waals surface area contributed by atoms with Crippen LogP contribution in [0.1, 0.15) is 24.7 Å². The summed E-state index contributed by atoms with van der Waals surface area (Å²) in [5, 5.41) is 9.05. The molecule has 0 radical (unpaired) electrons. The van der Waals surface area contributed by atoms with Crippen molar-refractivity contribution in [2.45, 2.75) is 25.3 Å². The Hall–Kier alpha value is -2.84. The van der Waals surface area contributed by atoms with Crippen molar-refractivity contribution in [1.82, 2.24) is 14.5 Å². The molecule has 0 atom stereocenters. The van der Waals surface area contributed by atoms with Gasteiger partial charge in [-0.3, -0.25) is 4.79 Å². The lowest BCUT2D eigenvalue weighted by atomic mass is 10.2. The highest BCUT2D eigenvalue weighted by Crippen LogP contribution is 2.40. The maximum Gasteiger partial charge on any atom is 0.407 e. The maximum absolute atomic E-state index is 14.7. The lowest BCUT2D eigenvalue weighted by Gasteiger charge is -2.34. The van der Waals surface area contributed by atoms with Gasteiger partial charge in [0.05, 0.1) is 23.1 Å². The molecule has 1 aliphatic carbocycles. The fraction of sp³-hybridized carbons (Fsp3) is 0.471. The predicted octanol–water partition coefficient (Wildman–Crippen LogP) is 1.34. The molecule has 1 aromatic carbocycles. The first kappa shape index (κ1) is 16.6. The van der Waals surface area contributed by atoms with E-state index in [2.05, 4.69) is 4.98 Å². The number of hydrogen-bond donors (Lipinski definition) is 2. The van der Waals surface area contributed by atoms with Gasteiger partial charge in [-0.1, -0.05) is 0 Å². The molecule has 2 amide bonds. The Kier molecular flexibility index (Phi) is 3.93. The molecular weight excluding hydrogens is 341 g/mol. The zero-order valence-corrected chi connectivity index (χ0v) is 14.2. The number of imidazole rings is 1. The van der Waals surface area contributed by atoms with Crippen molar-refractivity contribution in [1.29, 1.82) is 0 Å². The Morgan fingerprint density at radius 1 is 1.23 bits per heavy atom. The van der Waals surface area contributed by atoms with Crippen molar-refractivity contribution in [2.24, 2.45) is 5.73 Å². The minimum atomic E-state index is -0.955. The van der Waals surface area contributed by atoms with Crippen LogP contribution in [-0.2, 0) is 11.2 Å². The molecular formula is C17H20FN5O3. The Balaban J connectivity index is 1.70. The number of primary amides is 1. The number of nitrogens with zero attached hydrogens (tertiary/aromatic N) is 4. The average molecular weight is 361 g/mol. The largest absolute Gasteiger partial charge is 0.465 e. The number of aromatic nitrogens is 2. The van der Waals surface area contributed by atoms with Crippen LogP contribution in [0.4, 0.5) is 14.9 Å². The van der Waals surface area contributed by atoms with Gasteiger partial charge in [0.25, 0.3) is 0 Å². The third-order valence-electron chi connectivity index (χ3n) is 4.97. The SMILES string of the molecule is NC(=O)Cc1nc2cc(F)c(N3CCN(C(=O)O)CC3)cc2n1C1CC1. The number of benzene rings is 1. The number of carboxylic acid groups (broad SMARTS) is 1. The number of piperazine rings is 1. The van der Waals surface area contributed by atoms with E-state index in [0.29, 0.717) is 43.2 Å². The van der Waals surface area contributed by atoms with E-state index < -0.39 is 17.8 Å². The first-order valence-corrected chi connectivity index (χ1v) is 8.65. The molecule has 2 heterocycles. The van der Waals surface area contributed by atoms with Gasteiger partial charge < -0.3 is 25.2 Å². The van der Waals surface area contributed by atoms with E-state index in [-0.39, 0.29) is 12.5 Å². The number of rotatable bonds is 4. The van der Waals surface area contributed by atoms with Crippen LogP contribution < -0.4 is 10.6 Å². The van der Waals surface area contributed by atoms with Crippen LogP contribution in [0.15, 0.2) is 12.1 Å². The highest BCUT2D eigenvalue weighted by molar-refractivity contribution is 5.83. The Bertz CT molecular complexity index is 884. The quantitative estimate of drug-likeness (QED) is 0.855. The van der Waals surface area contributed by atoms with Gasteiger partial charge in [-0.05, 0) is 18.9 Å². The second kappa shape index (κ2) is 6.15. The molecule has 1 saturated heterocycles. The van der Waals surface area contributed by atoms with Gasteiger partial charge in [-0.25, -0.2) is 14.2 Å². The fourth-order valence-electron chi connectivity index (χ4n) is 3.56. The number of halogens is 1. The topological polar surface area (TPSA) is 105 Å². The number of anilines is 1. The summed E-state index contributed by atoms with van der Waals surface area (Å²) in [5.41, 5.74) is 7.07. The van der Waals surface area contributed by atoms with Gasteiger partial charge in [0.2, 0.25) is 5.91 Å². The number of fused-ring (bicyclic) bond motifs is 1. The van der Waals surface area contributed by atoms with Crippen LogP contribution in [0.5, 0.6) is 0 Å². The molecule has 1 aromatic heterocycles. The lowest BCUT2D eigenvalue weighted by molar-refractivity contribution is -0.117. The monoisotopic (exact) mass is 361 g/mol. The molecule has 26 heavy (non-hydrogen) atoms.